The Balaban J connectivity index is 1.94. The first-order valence-electron chi connectivity index (χ1n) is 5.75. The van der Waals surface area contributed by atoms with Crippen LogP contribution in [0.1, 0.15) is 52.4 Å². The second-order valence-corrected chi connectivity index (χ2v) is 5.36. The summed E-state index contributed by atoms with van der Waals surface area (Å²) in [6.07, 6.45) is 9.17. The third kappa shape index (κ3) is 1.67. The van der Waals surface area contributed by atoms with Gasteiger partial charge in [0.25, 0.3) is 0 Å². The summed E-state index contributed by atoms with van der Waals surface area (Å²) in [5.74, 6) is 4.29. The lowest BCUT2D eigenvalue weighted by atomic mass is 9.65. The van der Waals surface area contributed by atoms with Gasteiger partial charge < -0.3 is 0 Å². The zero-order valence-corrected chi connectivity index (χ0v) is 8.55. The van der Waals surface area contributed by atoms with E-state index in [1.165, 1.54) is 38.5 Å². The van der Waals surface area contributed by atoms with Gasteiger partial charge in [0.1, 0.15) is 0 Å². The minimum Gasteiger partial charge on any atom is -0.0625 e. The van der Waals surface area contributed by atoms with Crippen molar-refractivity contribution in [3.8, 4) is 0 Å². The van der Waals surface area contributed by atoms with Gasteiger partial charge in [-0.05, 0) is 49.4 Å². The van der Waals surface area contributed by atoms with Crippen molar-refractivity contribution in [2.75, 3.05) is 0 Å². The van der Waals surface area contributed by atoms with Crippen molar-refractivity contribution in [3.63, 3.8) is 0 Å². The fourth-order valence-electron chi connectivity index (χ4n) is 3.36. The van der Waals surface area contributed by atoms with Gasteiger partial charge in [0.15, 0.2) is 0 Å². The molecule has 0 amide bonds. The maximum atomic E-state index is 2.44. The first-order chi connectivity index (χ1) is 5.75. The molecule has 0 aromatic rings. The van der Waals surface area contributed by atoms with Crippen LogP contribution in [-0.2, 0) is 0 Å². The summed E-state index contributed by atoms with van der Waals surface area (Å²) in [6.45, 7) is 4.88. The average Bonchev–Trinajstić information content (AvgIpc) is 2.05. The molecule has 12 heavy (non-hydrogen) atoms. The Morgan fingerprint density at radius 1 is 0.667 bits per heavy atom. The normalized spacial score (nSPS) is 48.5. The molecule has 4 atom stereocenters. The predicted octanol–water partition coefficient (Wildman–Crippen LogP) is 3.86. The molecule has 2 saturated carbocycles. The molecule has 0 unspecified atom stereocenters. The largest absolute Gasteiger partial charge is 0.0625 e. The number of hydrogen-bond acceptors (Lipinski definition) is 0. The number of rotatable bonds is 0. The van der Waals surface area contributed by atoms with E-state index in [4.69, 9.17) is 0 Å². The molecule has 0 nitrogen and oxygen atoms in total. The summed E-state index contributed by atoms with van der Waals surface area (Å²) in [7, 11) is 0. The van der Waals surface area contributed by atoms with E-state index in [0.29, 0.717) is 0 Å². The molecular weight excluding hydrogens is 144 g/mol. The van der Waals surface area contributed by atoms with Crippen LogP contribution >= 0.6 is 0 Å². The molecule has 0 aromatic heterocycles. The molecule has 0 heterocycles. The summed E-state index contributed by atoms with van der Waals surface area (Å²) >= 11 is 0. The van der Waals surface area contributed by atoms with Crippen LogP contribution in [0.3, 0.4) is 0 Å². The fourth-order valence-corrected chi connectivity index (χ4v) is 3.36. The van der Waals surface area contributed by atoms with Gasteiger partial charge in [0.2, 0.25) is 0 Å². The summed E-state index contributed by atoms with van der Waals surface area (Å²) in [5, 5.41) is 0. The summed E-state index contributed by atoms with van der Waals surface area (Å²) in [6, 6.07) is 0. The summed E-state index contributed by atoms with van der Waals surface area (Å²) in [4.78, 5) is 0. The Morgan fingerprint density at radius 3 is 1.50 bits per heavy atom. The van der Waals surface area contributed by atoms with Crippen molar-refractivity contribution < 1.29 is 0 Å². The Bertz CT molecular complexity index is 132. The van der Waals surface area contributed by atoms with Crippen molar-refractivity contribution >= 4 is 0 Å². The van der Waals surface area contributed by atoms with E-state index in [0.717, 1.165) is 23.7 Å². The summed E-state index contributed by atoms with van der Waals surface area (Å²) < 4.78 is 0. The smallest absolute Gasteiger partial charge is 0.0383 e. The van der Waals surface area contributed by atoms with Crippen molar-refractivity contribution in [2.24, 2.45) is 23.7 Å². The highest BCUT2D eigenvalue weighted by atomic mass is 14.4. The van der Waals surface area contributed by atoms with E-state index in [2.05, 4.69) is 13.8 Å². The molecule has 0 bridgehead atoms. The van der Waals surface area contributed by atoms with Crippen LogP contribution in [0.25, 0.3) is 0 Å². The number of fused-ring (bicyclic) bond motifs is 1. The van der Waals surface area contributed by atoms with Gasteiger partial charge >= 0.3 is 0 Å². The molecule has 0 radical (unpaired) electrons. The zero-order valence-electron chi connectivity index (χ0n) is 8.55. The third-order valence-corrected chi connectivity index (χ3v) is 4.14. The molecular formula is C12H22. The van der Waals surface area contributed by atoms with Gasteiger partial charge in [0.05, 0.1) is 0 Å². The van der Waals surface area contributed by atoms with Crippen LogP contribution in [-0.4, -0.2) is 0 Å². The first-order valence-corrected chi connectivity index (χ1v) is 5.75. The van der Waals surface area contributed by atoms with E-state index in [9.17, 15) is 0 Å². The molecule has 0 aliphatic heterocycles. The van der Waals surface area contributed by atoms with Crippen LogP contribution < -0.4 is 0 Å². The molecule has 2 aliphatic rings. The van der Waals surface area contributed by atoms with Gasteiger partial charge in [0, 0.05) is 0 Å². The predicted molar refractivity (Wildman–Crippen MR) is 53.0 cm³/mol. The quantitative estimate of drug-likeness (QED) is 0.512. The van der Waals surface area contributed by atoms with Gasteiger partial charge in [-0.25, -0.2) is 0 Å². The van der Waals surface area contributed by atoms with Crippen LogP contribution in [0.5, 0.6) is 0 Å². The maximum absolute atomic E-state index is 2.44. The van der Waals surface area contributed by atoms with Crippen LogP contribution in [0.4, 0.5) is 0 Å². The van der Waals surface area contributed by atoms with E-state index in [1.807, 2.05) is 0 Å². The molecule has 0 aromatic carbocycles. The fraction of sp³-hybridized carbons (Fsp3) is 1.00. The van der Waals surface area contributed by atoms with Gasteiger partial charge in [-0.1, -0.05) is 26.7 Å². The highest BCUT2D eigenvalue weighted by Crippen LogP contribution is 2.44. The molecule has 70 valence electrons. The molecule has 2 rings (SSSR count). The van der Waals surface area contributed by atoms with Crippen molar-refractivity contribution in [1.29, 1.82) is 0 Å². The van der Waals surface area contributed by atoms with Crippen molar-refractivity contribution in [2.45, 2.75) is 52.4 Å². The monoisotopic (exact) mass is 166 g/mol. The first kappa shape index (κ1) is 8.59. The Kier molecular flexibility index (Phi) is 2.43. The standard InChI is InChI=1S/C12H22/c1-9-3-5-12-8-10(2)4-6-11(12)7-9/h9-12H,3-8H2,1-2H3/t9-,10+,11-,12+. The van der Waals surface area contributed by atoms with Crippen molar-refractivity contribution in [3.05, 3.63) is 0 Å². The topological polar surface area (TPSA) is 0 Å². The van der Waals surface area contributed by atoms with E-state index in [1.54, 1.807) is 0 Å². The molecule has 0 spiro atoms. The van der Waals surface area contributed by atoms with Crippen LogP contribution in [0.15, 0.2) is 0 Å². The Labute approximate surface area is 76.7 Å². The zero-order chi connectivity index (χ0) is 8.55. The molecule has 2 fully saturated rings. The van der Waals surface area contributed by atoms with E-state index >= 15 is 0 Å². The lowest BCUT2D eigenvalue weighted by molar-refractivity contribution is 0.109. The highest BCUT2D eigenvalue weighted by molar-refractivity contribution is 4.83. The van der Waals surface area contributed by atoms with Gasteiger partial charge in [-0.2, -0.15) is 0 Å². The molecule has 2 aliphatic carbocycles. The van der Waals surface area contributed by atoms with Crippen LogP contribution in [0, 0.1) is 23.7 Å². The number of hydrogen-bond donors (Lipinski definition) is 0. The average molecular weight is 166 g/mol. The SMILES string of the molecule is C[C@@H]1CC[C@H]2C[C@@H](C)CC[C@@H]2C1. The third-order valence-electron chi connectivity index (χ3n) is 4.14. The van der Waals surface area contributed by atoms with E-state index < -0.39 is 0 Å². The minimum absolute atomic E-state index is 1.03. The lowest BCUT2D eigenvalue weighted by Crippen LogP contribution is -2.29. The van der Waals surface area contributed by atoms with Crippen molar-refractivity contribution in [1.82, 2.24) is 0 Å². The molecule has 0 heteroatoms. The second-order valence-electron chi connectivity index (χ2n) is 5.36. The Morgan fingerprint density at radius 2 is 1.08 bits per heavy atom. The molecule has 0 N–H and O–H groups in total. The van der Waals surface area contributed by atoms with Gasteiger partial charge in [-0.15, -0.1) is 0 Å². The lowest BCUT2D eigenvalue weighted by Gasteiger charge is -2.40. The maximum Gasteiger partial charge on any atom is -0.0383 e. The van der Waals surface area contributed by atoms with Crippen LogP contribution in [0.2, 0.25) is 0 Å². The summed E-state index contributed by atoms with van der Waals surface area (Å²) in [5.41, 5.74) is 0. The molecule has 0 saturated heterocycles. The van der Waals surface area contributed by atoms with Gasteiger partial charge in [-0.3, -0.25) is 0 Å². The Hall–Kier alpha value is 0. The second kappa shape index (κ2) is 3.40. The highest BCUT2D eigenvalue weighted by Gasteiger charge is 2.32. The minimum atomic E-state index is 1.03. The van der Waals surface area contributed by atoms with E-state index in [-0.39, 0.29) is 0 Å².